The average molecular weight is 353 g/mol. The zero-order valence-electron chi connectivity index (χ0n) is 11.9. The number of rotatable bonds is 3. The second-order valence-electron chi connectivity index (χ2n) is 6.16. The van der Waals surface area contributed by atoms with E-state index in [1.165, 1.54) is 37.6 Å². The molecule has 108 valence electrons. The summed E-state index contributed by atoms with van der Waals surface area (Å²) in [6.07, 6.45) is 6.84. The number of halogens is 1. The summed E-state index contributed by atoms with van der Waals surface area (Å²) in [5.41, 5.74) is 2.35. The highest BCUT2D eigenvalue weighted by Gasteiger charge is 2.18. The SMILES string of the molecule is CC1CCC(CCn2c(=S)[nH]c3cc(Br)ccc32)CC1. The molecule has 1 saturated carbocycles. The quantitative estimate of drug-likeness (QED) is 0.704. The molecule has 0 aliphatic heterocycles. The lowest BCUT2D eigenvalue weighted by Crippen LogP contribution is -2.14. The fourth-order valence-corrected chi connectivity index (χ4v) is 3.95. The van der Waals surface area contributed by atoms with Gasteiger partial charge in [0, 0.05) is 11.0 Å². The van der Waals surface area contributed by atoms with Gasteiger partial charge in [-0.25, -0.2) is 0 Å². The van der Waals surface area contributed by atoms with Crippen LogP contribution in [-0.2, 0) is 6.54 Å². The monoisotopic (exact) mass is 352 g/mol. The van der Waals surface area contributed by atoms with Crippen LogP contribution in [-0.4, -0.2) is 9.55 Å². The van der Waals surface area contributed by atoms with Gasteiger partial charge in [-0.3, -0.25) is 0 Å². The van der Waals surface area contributed by atoms with Crippen LogP contribution in [0, 0.1) is 16.6 Å². The van der Waals surface area contributed by atoms with Crippen LogP contribution in [0.1, 0.15) is 39.0 Å². The van der Waals surface area contributed by atoms with Crippen LogP contribution >= 0.6 is 28.1 Å². The highest BCUT2D eigenvalue weighted by atomic mass is 79.9. The van der Waals surface area contributed by atoms with Crippen LogP contribution in [0.25, 0.3) is 11.0 Å². The van der Waals surface area contributed by atoms with E-state index in [4.69, 9.17) is 12.2 Å². The third-order valence-electron chi connectivity index (χ3n) is 4.63. The molecule has 1 aromatic carbocycles. The standard InChI is InChI=1S/C16H21BrN2S/c1-11-2-4-12(5-3-11)8-9-19-15-7-6-13(17)10-14(15)18-16(19)20/h6-7,10-12H,2-5,8-9H2,1H3,(H,18,20). The normalized spacial score (nSPS) is 23.3. The fraction of sp³-hybridized carbons (Fsp3) is 0.562. The van der Waals surface area contributed by atoms with E-state index >= 15 is 0 Å². The van der Waals surface area contributed by atoms with Crippen molar-refractivity contribution in [3.8, 4) is 0 Å². The summed E-state index contributed by atoms with van der Waals surface area (Å²) in [6, 6.07) is 6.34. The number of benzene rings is 1. The molecule has 0 spiro atoms. The third-order valence-corrected chi connectivity index (χ3v) is 5.45. The van der Waals surface area contributed by atoms with Crippen molar-refractivity contribution < 1.29 is 0 Å². The molecule has 1 fully saturated rings. The molecule has 2 aromatic rings. The van der Waals surface area contributed by atoms with Crippen molar-refractivity contribution in [1.82, 2.24) is 9.55 Å². The van der Waals surface area contributed by atoms with Crippen LogP contribution in [0.2, 0.25) is 0 Å². The van der Waals surface area contributed by atoms with Gasteiger partial charge in [-0.05, 0) is 48.7 Å². The Morgan fingerprint density at radius 3 is 2.80 bits per heavy atom. The minimum atomic E-state index is 0.849. The summed E-state index contributed by atoms with van der Waals surface area (Å²) in [7, 11) is 0. The molecule has 3 rings (SSSR count). The lowest BCUT2D eigenvalue weighted by Gasteiger charge is -2.26. The molecule has 0 radical (unpaired) electrons. The molecule has 0 bridgehead atoms. The van der Waals surface area contributed by atoms with Gasteiger partial charge in [0.25, 0.3) is 0 Å². The highest BCUT2D eigenvalue weighted by Crippen LogP contribution is 2.31. The number of nitrogens with one attached hydrogen (secondary N) is 1. The third kappa shape index (κ3) is 3.01. The lowest BCUT2D eigenvalue weighted by atomic mass is 9.81. The number of aromatic amines is 1. The van der Waals surface area contributed by atoms with Gasteiger partial charge in [0.05, 0.1) is 11.0 Å². The summed E-state index contributed by atoms with van der Waals surface area (Å²) < 4.78 is 4.20. The summed E-state index contributed by atoms with van der Waals surface area (Å²) in [4.78, 5) is 3.31. The van der Waals surface area contributed by atoms with E-state index in [0.717, 1.165) is 33.1 Å². The first kappa shape index (κ1) is 14.3. The van der Waals surface area contributed by atoms with Gasteiger partial charge in [-0.1, -0.05) is 48.5 Å². The van der Waals surface area contributed by atoms with E-state index in [0.29, 0.717) is 0 Å². The molecule has 0 atom stereocenters. The Kier molecular flexibility index (Phi) is 4.32. The highest BCUT2D eigenvalue weighted by molar-refractivity contribution is 9.10. The first-order valence-corrected chi connectivity index (χ1v) is 8.71. The van der Waals surface area contributed by atoms with Gasteiger partial charge in [-0.15, -0.1) is 0 Å². The average Bonchev–Trinajstić information content (AvgIpc) is 2.73. The molecular weight excluding hydrogens is 332 g/mol. The first-order valence-electron chi connectivity index (χ1n) is 7.51. The summed E-state index contributed by atoms with van der Waals surface area (Å²) in [5.74, 6) is 1.81. The summed E-state index contributed by atoms with van der Waals surface area (Å²) >= 11 is 8.98. The molecule has 1 aliphatic rings. The number of hydrogen-bond acceptors (Lipinski definition) is 1. The van der Waals surface area contributed by atoms with Crippen LogP contribution in [0.3, 0.4) is 0 Å². The molecule has 0 amide bonds. The van der Waals surface area contributed by atoms with Gasteiger partial charge in [-0.2, -0.15) is 0 Å². The van der Waals surface area contributed by atoms with E-state index in [1.807, 2.05) is 0 Å². The molecule has 1 N–H and O–H groups in total. The Labute approximate surface area is 133 Å². The molecule has 1 aliphatic carbocycles. The van der Waals surface area contributed by atoms with Crippen molar-refractivity contribution in [2.75, 3.05) is 0 Å². The second-order valence-corrected chi connectivity index (χ2v) is 7.46. The van der Waals surface area contributed by atoms with E-state index in [1.54, 1.807) is 0 Å². The van der Waals surface area contributed by atoms with Gasteiger partial charge >= 0.3 is 0 Å². The van der Waals surface area contributed by atoms with Crippen molar-refractivity contribution in [2.45, 2.75) is 45.6 Å². The van der Waals surface area contributed by atoms with E-state index in [2.05, 4.69) is 50.6 Å². The maximum Gasteiger partial charge on any atom is 0.178 e. The van der Waals surface area contributed by atoms with Crippen molar-refractivity contribution in [3.63, 3.8) is 0 Å². The van der Waals surface area contributed by atoms with Crippen molar-refractivity contribution in [2.24, 2.45) is 11.8 Å². The van der Waals surface area contributed by atoms with Gasteiger partial charge < -0.3 is 9.55 Å². The zero-order chi connectivity index (χ0) is 14.1. The number of aryl methyl sites for hydroxylation is 1. The number of fused-ring (bicyclic) bond motifs is 1. The molecule has 1 heterocycles. The molecule has 1 aromatic heterocycles. The molecule has 4 heteroatoms. The first-order chi connectivity index (χ1) is 9.63. The minimum absolute atomic E-state index is 0.849. The van der Waals surface area contributed by atoms with E-state index < -0.39 is 0 Å². The van der Waals surface area contributed by atoms with Crippen molar-refractivity contribution >= 4 is 39.2 Å². The number of imidazole rings is 1. The Morgan fingerprint density at radius 2 is 2.05 bits per heavy atom. The predicted molar refractivity (Wildman–Crippen MR) is 90.6 cm³/mol. The van der Waals surface area contributed by atoms with Crippen LogP contribution in [0.4, 0.5) is 0 Å². The number of nitrogens with zero attached hydrogens (tertiary/aromatic N) is 1. The molecule has 20 heavy (non-hydrogen) atoms. The summed E-state index contributed by atoms with van der Waals surface area (Å²) in [5, 5.41) is 0. The second kappa shape index (κ2) is 6.02. The number of hydrogen-bond donors (Lipinski definition) is 1. The van der Waals surface area contributed by atoms with Crippen molar-refractivity contribution in [1.29, 1.82) is 0 Å². The molecule has 0 saturated heterocycles. The van der Waals surface area contributed by atoms with Crippen LogP contribution in [0.15, 0.2) is 22.7 Å². The number of aromatic nitrogens is 2. The Morgan fingerprint density at radius 1 is 1.30 bits per heavy atom. The van der Waals surface area contributed by atoms with Gasteiger partial charge in [0.1, 0.15) is 0 Å². The Balaban J connectivity index is 1.74. The smallest absolute Gasteiger partial charge is 0.178 e. The maximum atomic E-state index is 5.47. The van der Waals surface area contributed by atoms with Gasteiger partial charge in [0.15, 0.2) is 4.77 Å². The van der Waals surface area contributed by atoms with Crippen LogP contribution < -0.4 is 0 Å². The number of H-pyrrole nitrogens is 1. The predicted octanol–water partition coefficient (Wildman–Crippen LogP) is 5.68. The van der Waals surface area contributed by atoms with E-state index in [-0.39, 0.29) is 0 Å². The minimum Gasteiger partial charge on any atom is -0.331 e. The van der Waals surface area contributed by atoms with Crippen molar-refractivity contribution in [3.05, 3.63) is 27.4 Å². The largest absolute Gasteiger partial charge is 0.331 e. The fourth-order valence-electron chi connectivity index (χ4n) is 3.29. The van der Waals surface area contributed by atoms with Crippen LogP contribution in [0.5, 0.6) is 0 Å². The molecule has 2 nitrogen and oxygen atoms in total. The molecule has 0 unspecified atom stereocenters. The Hall–Kier alpha value is -0.610. The lowest BCUT2D eigenvalue weighted by molar-refractivity contribution is 0.269. The molecular formula is C16H21BrN2S. The topological polar surface area (TPSA) is 20.7 Å². The zero-order valence-corrected chi connectivity index (χ0v) is 14.3. The Bertz CT molecular complexity index is 650. The summed E-state index contributed by atoms with van der Waals surface area (Å²) in [6.45, 7) is 3.42. The maximum absolute atomic E-state index is 5.47. The van der Waals surface area contributed by atoms with E-state index in [9.17, 15) is 0 Å². The van der Waals surface area contributed by atoms with Gasteiger partial charge in [0.2, 0.25) is 0 Å².